The number of urea groups is 1. The van der Waals surface area contributed by atoms with E-state index in [2.05, 4.69) is 10.6 Å². The quantitative estimate of drug-likeness (QED) is 0.203. The number of aliphatic carboxylic acids is 1. The summed E-state index contributed by atoms with van der Waals surface area (Å²) < 4.78 is 5.91. The number of carboxylic acid groups (broad SMARTS) is 1. The number of carbonyl (C=O) groups is 3. The minimum Gasteiger partial charge on any atom is -0.480 e. The molecule has 0 unspecified atom stereocenters. The monoisotopic (exact) mass is 569 g/mol. The van der Waals surface area contributed by atoms with E-state index in [1.807, 2.05) is 54.6 Å². The SMILES string of the molecule is CC(C)[C@@H](C(=O)O)N1Cc2ccc(-c3ccc(NC(=O)Nc4cc(Cl)ccc4Oc4ccccc4)cc3)cc2C1=O. The van der Waals surface area contributed by atoms with Crippen LogP contribution in [0.15, 0.2) is 91.0 Å². The number of ether oxygens (including phenoxy) is 1. The topological polar surface area (TPSA) is 108 Å². The van der Waals surface area contributed by atoms with Crippen molar-refractivity contribution in [2.24, 2.45) is 5.92 Å². The fourth-order valence-corrected chi connectivity index (χ4v) is 5.01. The Bertz CT molecular complexity index is 1610. The van der Waals surface area contributed by atoms with Crippen LogP contribution in [0.1, 0.15) is 29.8 Å². The molecule has 0 saturated heterocycles. The Morgan fingerprint density at radius 2 is 1.61 bits per heavy atom. The second kappa shape index (κ2) is 11.7. The largest absolute Gasteiger partial charge is 0.480 e. The van der Waals surface area contributed by atoms with Crippen LogP contribution >= 0.6 is 11.6 Å². The lowest BCUT2D eigenvalue weighted by Gasteiger charge is -2.27. The second-order valence-corrected chi connectivity index (χ2v) is 10.5. The van der Waals surface area contributed by atoms with E-state index in [0.29, 0.717) is 33.5 Å². The van der Waals surface area contributed by atoms with Gasteiger partial charge in [0.25, 0.3) is 5.91 Å². The van der Waals surface area contributed by atoms with E-state index in [-0.39, 0.29) is 18.4 Å². The molecule has 1 atom stereocenters. The molecule has 0 bridgehead atoms. The van der Waals surface area contributed by atoms with E-state index in [0.717, 1.165) is 16.7 Å². The van der Waals surface area contributed by atoms with Crippen molar-refractivity contribution < 1.29 is 24.2 Å². The zero-order valence-corrected chi connectivity index (χ0v) is 23.2. The van der Waals surface area contributed by atoms with Gasteiger partial charge in [-0.05, 0) is 71.1 Å². The highest BCUT2D eigenvalue weighted by Gasteiger charge is 2.38. The maximum absolute atomic E-state index is 13.1. The predicted octanol–water partition coefficient (Wildman–Crippen LogP) is 7.51. The first kappa shape index (κ1) is 27.7. The number of fused-ring (bicyclic) bond motifs is 1. The second-order valence-electron chi connectivity index (χ2n) is 10.0. The Labute approximate surface area is 242 Å². The molecule has 4 aromatic rings. The van der Waals surface area contributed by atoms with Crippen molar-refractivity contribution in [3.63, 3.8) is 0 Å². The highest BCUT2D eigenvalue weighted by molar-refractivity contribution is 6.31. The van der Waals surface area contributed by atoms with Crippen LogP contribution < -0.4 is 15.4 Å². The van der Waals surface area contributed by atoms with Crippen molar-refractivity contribution >= 4 is 40.9 Å². The molecule has 3 amide bonds. The first-order valence-electron chi connectivity index (χ1n) is 13.1. The van der Waals surface area contributed by atoms with E-state index in [4.69, 9.17) is 16.3 Å². The zero-order chi connectivity index (χ0) is 29.1. The summed E-state index contributed by atoms with van der Waals surface area (Å²) in [6.07, 6.45) is 0. The maximum Gasteiger partial charge on any atom is 0.326 e. The normalized spacial score (nSPS) is 13.1. The van der Waals surface area contributed by atoms with Gasteiger partial charge in [0, 0.05) is 22.8 Å². The molecule has 0 aliphatic carbocycles. The van der Waals surface area contributed by atoms with Gasteiger partial charge in [-0.3, -0.25) is 4.79 Å². The van der Waals surface area contributed by atoms with E-state index in [9.17, 15) is 19.5 Å². The Morgan fingerprint density at radius 1 is 0.902 bits per heavy atom. The van der Waals surface area contributed by atoms with Gasteiger partial charge in [-0.15, -0.1) is 0 Å². The van der Waals surface area contributed by atoms with Crippen LogP contribution in [-0.2, 0) is 11.3 Å². The number of hydrogen-bond acceptors (Lipinski definition) is 4. The molecular formula is C32H28ClN3O5. The van der Waals surface area contributed by atoms with Crippen molar-refractivity contribution in [3.05, 3.63) is 107 Å². The van der Waals surface area contributed by atoms with Crippen LogP contribution in [0.3, 0.4) is 0 Å². The van der Waals surface area contributed by atoms with Gasteiger partial charge >= 0.3 is 12.0 Å². The van der Waals surface area contributed by atoms with Crippen LogP contribution in [0.4, 0.5) is 16.2 Å². The Hall–Kier alpha value is -4.82. The lowest BCUT2D eigenvalue weighted by atomic mass is 10.00. The highest BCUT2D eigenvalue weighted by atomic mass is 35.5. The van der Waals surface area contributed by atoms with Gasteiger partial charge in [-0.1, -0.05) is 67.9 Å². The fraction of sp³-hybridized carbons (Fsp3) is 0.156. The van der Waals surface area contributed by atoms with Crippen molar-refractivity contribution in [3.8, 4) is 22.6 Å². The van der Waals surface area contributed by atoms with E-state index >= 15 is 0 Å². The first-order chi connectivity index (χ1) is 19.7. The van der Waals surface area contributed by atoms with E-state index < -0.39 is 18.0 Å². The molecule has 208 valence electrons. The summed E-state index contributed by atoms with van der Waals surface area (Å²) in [5.41, 5.74) is 3.94. The van der Waals surface area contributed by atoms with E-state index in [1.165, 1.54) is 4.90 Å². The first-order valence-corrected chi connectivity index (χ1v) is 13.4. The minimum atomic E-state index is -1.01. The molecule has 4 aromatic carbocycles. The average molecular weight is 570 g/mol. The summed E-state index contributed by atoms with van der Waals surface area (Å²) in [7, 11) is 0. The van der Waals surface area contributed by atoms with Gasteiger partial charge < -0.3 is 25.4 Å². The van der Waals surface area contributed by atoms with Crippen LogP contribution in [0.2, 0.25) is 5.02 Å². The lowest BCUT2D eigenvalue weighted by Crippen LogP contribution is -2.44. The number of halogens is 1. The molecule has 1 heterocycles. The molecule has 0 radical (unpaired) electrons. The Balaban J connectivity index is 1.27. The van der Waals surface area contributed by atoms with Crippen LogP contribution in [-0.4, -0.2) is 34.0 Å². The summed E-state index contributed by atoms with van der Waals surface area (Å²) in [4.78, 5) is 39.1. The molecule has 8 nitrogen and oxygen atoms in total. The van der Waals surface area contributed by atoms with Gasteiger partial charge in [-0.2, -0.15) is 0 Å². The number of rotatable bonds is 8. The number of para-hydroxylation sites is 1. The molecule has 5 rings (SSSR count). The Morgan fingerprint density at radius 3 is 2.29 bits per heavy atom. The third kappa shape index (κ3) is 6.18. The summed E-state index contributed by atoms with van der Waals surface area (Å²) in [6, 6.07) is 25.6. The smallest absolute Gasteiger partial charge is 0.326 e. The third-order valence-corrected chi connectivity index (χ3v) is 7.03. The summed E-state index contributed by atoms with van der Waals surface area (Å²) in [6.45, 7) is 3.86. The molecule has 0 fully saturated rings. The molecule has 41 heavy (non-hydrogen) atoms. The van der Waals surface area contributed by atoms with E-state index in [1.54, 1.807) is 50.2 Å². The fourth-order valence-electron chi connectivity index (χ4n) is 4.84. The Kier molecular flexibility index (Phi) is 7.94. The standard InChI is InChI=1S/C32H28ClN3O5/c1-19(2)29(31(38)39)36-18-22-9-8-21(16-26(22)30(36)37)20-10-13-24(14-11-20)34-32(40)35-27-17-23(33)12-15-28(27)41-25-6-4-3-5-7-25/h3-17,19,29H,18H2,1-2H3,(H,38,39)(H2,34,35,40)/t29-/m0/s1. The van der Waals surface area contributed by atoms with Crippen molar-refractivity contribution in [1.82, 2.24) is 4.90 Å². The predicted molar refractivity (Wildman–Crippen MR) is 159 cm³/mol. The molecule has 0 saturated carbocycles. The third-order valence-electron chi connectivity index (χ3n) is 6.80. The van der Waals surface area contributed by atoms with Gasteiger partial charge in [-0.25, -0.2) is 9.59 Å². The van der Waals surface area contributed by atoms with Gasteiger partial charge in [0.15, 0.2) is 5.75 Å². The molecule has 1 aliphatic heterocycles. The molecule has 3 N–H and O–H groups in total. The average Bonchev–Trinajstić information content (AvgIpc) is 3.25. The maximum atomic E-state index is 13.1. The number of anilines is 2. The molecule has 0 spiro atoms. The van der Waals surface area contributed by atoms with Crippen LogP contribution in [0.5, 0.6) is 11.5 Å². The molecule has 1 aliphatic rings. The molecule has 9 heteroatoms. The number of hydrogen-bond donors (Lipinski definition) is 3. The van der Waals surface area contributed by atoms with Crippen LogP contribution in [0.25, 0.3) is 11.1 Å². The summed E-state index contributed by atoms with van der Waals surface area (Å²) in [5.74, 6) is -0.446. The van der Waals surface area contributed by atoms with Crippen molar-refractivity contribution in [1.29, 1.82) is 0 Å². The summed E-state index contributed by atoms with van der Waals surface area (Å²) in [5, 5.41) is 15.7. The van der Waals surface area contributed by atoms with Crippen molar-refractivity contribution in [2.75, 3.05) is 10.6 Å². The van der Waals surface area contributed by atoms with Gasteiger partial charge in [0.1, 0.15) is 11.8 Å². The highest BCUT2D eigenvalue weighted by Crippen LogP contribution is 2.33. The van der Waals surface area contributed by atoms with Gasteiger partial charge in [0.05, 0.1) is 5.69 Å². The van der Waals surface area contributed by atoms with Gasteiger partial charge in [0.2, 0.25) is 0 Å². The molecular weight excluding hydrogens is 542 g/mol. The number of carboxylic acids is 1. The number of nitrogens with zero attached hydrogens (tertiary/aromatic N) is 1. The van der Waals surface area contributed by atoms with Crippen LogP contribution in [0, 0.1) is 5.92 Å². The zero-order valence-electron chi connectivity index (χ0n) is 22.4. The number of carbonyl (C=O) groups excluding carboxylic acids is 2. The number of amides is 3. The number of benzene rings is 4. The lowest BCUT2D eigenvalue weighted by molar-refractivity contribution is -0.144. The molecule has 0 aromatic heterocycles. The number of nitrogens with one attached hydrogen (secondary N) is 2. The summed E-state index contributed by atoms with van der Waals surface area (Å²) >= 11 is 6.16. The van der Waals surface area contributed by atoms with Crippen molar-refractivity contribution in [2.45, 2.75) is 26.4 Å². The minimum absolute atomic E-state index is 0.218.